The van der Waals surface area contributed by atoms with Gasteiger partial charge in [0.05, 0.1) is 6.61 Å². The van der Waals surface area contributed by atoms with Gasteiger partial charge >= 0.3 is 11.9 Å². The Hall–Kier alpha value is -3.42. The van der Waals surface area contributed by atoms with Gasteiger partial charge in [-0.2, -0.15) is 0 Å². The molecule has 0 aliphatic carbocycles. The van der Waals surface area contributed by atoms with E-state index < -0.39 is 12.0 Å². The molecule has 234 valence electrons. The molecule has 0 unspecified atom stereocenters. The van der Waals surface area contributed by atoms with E-state index in [1.165, 1.54) is 19.3 Å². The third-order valence-electron chi connectivity index (χ3n) is 6.68. The van der Waals surface area contributed by atoms with E-state index in [-0.39, 0.29) is 30.1 Å². The van der Waals surface area contributed by atoms with Gasteiger partial charge in [0, 0.05) is 24.1 Å². The van der Waals surface area contributed by atoms with Crippen LogP contribution >= 0.6 is 0 Å². The fraction of sp³-hybridized carbons (Fsp3) is 0.588. The molecule has 0 saturated carbocycles. The normalized spacial score (nSPS) is 11.5. The molecule has 0 aliphatic heterocycles. The number of amides is 2. The molecule has 2 amide bonds. The second-order valence-corrected chi connectivity index (χ2v) is 11.5. The summed E-state index contributed by atoms with van der Waals surface area (Å²) in [7, 11) is 0. The summed E-state index contributed by atoms with van der Waals surface area (Å²) in [4.78, 5) is 48.4. The lowest BCUT2D eigenvalue weighted by atomic mass is 10.0. The van der Waals surface area contributed by atoms with Crippen LogP contribution in [-0.2, 0) is 30.3 Å². The zero-order chi connectivity index (χ0) is 31.3. The number of hydrogen-bond acceptors (Lipinski definition) is 6. The predicted molar refractivity (Wildman–Crippen MR) is 167 cm³/mol. The summed E-state index contributed by atoms with van der Waals surface area (Å²) < 4.78 is 10.3. The standard InChI is InChI=1S/C34H52N2O6/c1-25(2)24-30(36-31(37)21-18-28-16-19-29(20-17-28)42-34(40)27(5)6)32(38)35-22-14-12-10-8-7-9-11-13-15-23-41-33(39)26(3)4/h16-17,19-20,25,30H,3,5,7-15,18,21-24H2,1-2,4,6H3,(H,35,38)(H,36,37)/t30-/m0/s1. The average molecular weight is 585 g/mol. The zero-order valence-corrected chi connectivity index (χ0v) is 26.2. The van der Waals surface area contributed by atoms with Gasteiger partial charge in [0.25, 0.3) is 0 Å². The molecule has 0 aliphatic rings. The SMILES string of the molecule is C=C(C)C(=O)OCCCCCCCCCCCNC(=O)[C@H](CC(C)C)NC(=O)CCc1ccc(OC(=O)C(=C)C)cc1. The quantitative estimate of drug-likeness (QED) is 0.0708. The molecule has 0 radical (unpaired) electrons. The molecule has 2 N–H and O–H groups in total. The molecular formula is C34H52N2O6. The number of nitrogens with one attached hydrogen (secondary N) is 2. The summed E-state index contributed by atoms with van der Waals surface area (Å²) in [6.45, 7) is 15.5. The van der Waals surface area contributed by atoms with Gasteiger partial charge in [-0.15, -0.1) is 0 Å². The van der Waals surface area contributed by atoms with Gasteiger partial charge in [0.15, 0.2) is 0 Å². The number of rotatable bonds is 22. The second kappa shape index (κ2) is 21.3. The molecule has 0 saturated heterocycles. The fourth-order valence-electron chi connectivity index (χ4n) is 4.23. The van der Waals surface area contributed by atoms with Crippen molar-refractivity contribution < 1.29 is 28.7 Å². The van der Waals surface area contributed by atoms with E-state index in [1.54, 1.807) is 26.0 Å². The number of aryl methyl sites for hydroxylation is 1. The molecule has 0 bridgehead atoms. The number of esters is 2. The Morgan fingerprint density at radius 1 is 0.786 bits per heavy atom. The third kappa shape index (κ3) is 17.4. The number of unbranched alkanes of at least 4 members (excludes halogenated alkanes) is 8. The third-order valence-corrected chi connectivity index (χ3v) is 6.68. The Kier molecular flexibility index (Phi) is 18.6. The van der Waals surface area contributed by atoms with E-state index in [1.807, 2.05) is 26.0 Å². The van der Waals surface area contributed by atoms with Crippen molar-refractivity contribution in [3.63, 3.8) is 0 Å². The molecule has 0 heterocycles. The van der Waals surface area contributed by atoms with Gasteiger partial charge in [0.1, 0.15) is 11.8 Å². The molecule has 1 aromatic rings. The van der Waals surface area contributed by atoms with E-state index in [9.17, 15) is 19.2 Å². The summed E-state index contributed by atoms with van der Waals surface area (Å²) in [6.07, 6.45) is 11.1. The Balaban J connectivity index is 2.23. The van der Waals surface area contributed by atoms with Crippen LogP contribution in [0.2, 0.25) is 0 Å². The molecule has 1 atom stereocenters. The molecule has 0 spiro atoms. The highest BCUT2D eigenvalue weighted by atomic mass is 16.5. The average Bonchev–Trinajstić information content (AvgIpc) is 2.94. The zero-order valence-electron chi connectivity index (χ0n) is 26.2. The van der Waals surface area contributed by atoms with Gasteiger partial charge in [-0.05, 0) is 63.1 Å². The van der Waals surface area contributed by atoms with Crippen LogP contribution < -0.4 is 15.4 Å². The van der Waals surface area contributed by atoms with E-state index >= 15 is 0 Å². The number of hydrogen-bond donors (Lipinski definition) is 2. The van der Waals surface area contributed by atoms with E-state index in [0.717, 1.165) is 44.1 Å². The van der Waals surface area contributed by atoms with Crippen molar-refractivity contribution in [1.29, 1.82) is 0 Å². The Morgan fingerprint density at radius 2 is 1.33 bits per heavy atom. The van der Waals surface area contributed by atoms with Crippen LogP contribution in [0.5, 0.6) is 5.75 Å². The van der Waals surface area contributed by atoms with Crippen LogP contribution in [0.1, 0.15) is 104 Å². The summed E-state index contributed by atoms with van der Waals surface area (Å²) in [6, 6.07) is 6.47. The Labute approximate surface area is 252 Å². The van der Waals surface area contributed by atoms with Crippen LogP contribution in [-0.4, -0.2) is 42.9 Å². The van der Waals surface area contributed by atoms with E-state index in [4.69, 9.17) is 9.47 Å². The molecule has 0 aromatic heterocycles. The lowest BCUT2D eigenvalue weighted by Gasteiger charge is -2.20. The molecule has 42 heavy (non-hydrogen) atoms. The van der Waals surface area contributed by atoms with Crippen LogP contribution in [0.3, 0.4) is 0 Å². The van der Waals surface area contributed by atoms with Crippen molar-refractivity contribution >= 4 is 23.8 Å². The predicted octanol–water partition coefficient (Wildman–Crippen LogP) is 6.38. The van der Waals surface area contributed by atoms with Crippen LogP contribution in [0.4, 0.5) is 0 Å². The highest BCUT2D eigenvalue weighted by Gasteiger charge is 2.21. The fourth-order valence-corrected chi connectivity index (χ4v) is 4.23. The maximum absolute atomic E-state index is 12.8. The van der Waals surface area contributed by atoms with Gasteiger partial charge in [-0.3, -0.25) is 9.59 Å². The Morgan fingerprint density at radius 3 is 1.88 bits per heavy atom. The van der Waals surface area contributed by atoms with Crippen molar-refractivity contribution in [2.45, 2.75) is 111 Å². The highest BCUT2D eigenvalue weighted by Crippen LogP contribution is 2.15. The van der Waals surface area contributed by atoms with Crippen molar-refractivity contribution in [2.75, 3.05) is 13.2 Å². The van der Waals surface area contributed by atoms with Crippen molar-refractivity contribution in [3.8, 4) is 5.75 Å². The van der Waals surface area contributed by atoms with E-state index in [0.29, 0.717) is 42.9 Å². The largest absolute Gasteiger partial charge is 0.462 e. The van der Waals surface area contributed by atoms with Crippen LogP contribution in [0, 0.1) is 5.92 Å². The second-order valence-electron chi connectivity index (χ2n) is 11.5. The first-order valence-electron chi connectivity index (χ1n) is 15.4. The first-order chi connectivity index (χ1) is 20.0. The van der Waals surface area contributed by atoms with Crippen molar-refractivity contribution in [2.24, 2.45) is 5.92 Å². The first kappa shape index (κ1) is 36.6. The molecular weight excluding hydrogens is 532 g/mol. The van der Waals surface area contributed by atoms with Crippen molar-refractivity contribution in [3.05, 3.63) is 54.1 Å². The molecule has 1 rings (SSSR count). The van der Waals surface area contributed by atoms with Gasteiger partial charge in [-0.1, -0.05) is 84.1 Å². The minimum atomic E-state index is -0.550. The van der Waals surface area contributed by atoms with Gasteiger partial charge in [-0.25, -0.2) is 9.59 Å². The lowest BCUT2D eigenvalue weighted by molar-refractivity contribution is -0.139. The van der Waals surface area contributed by atoms with Crippen LogP contribution in [0.25, 0.3) is 0 Å². The first-order valence-corrected chi connectivity index (χ1v) is 15.4. The van der Waals surface area contributed by atoms with Gasteiger partial charge < -0.3 is 20.1 Å². The summed E-state index contributed by atoms with van der Waals surface area (Å²) in [5.41, 5.74) is 1.70. The lowest BCUT2D eigenvalue weighted by Crippen LogP contribution is -2.47. The summed E-state index contributed by atoms with van der Waals surface area (Å²) in [5.74, 6) is -0.389. The number of ether oxygens (including phenoxy) is 2. The number of benzene rings is 1. The van der Waals surface area contributed by atoms with Crippen molar-refractivity contribution in [1.82, 2.24) is 10.6 Å². The topological polar surface area (TPSA) is 111 Å². The molecule has 1 aromatic carbocycles. The number of carbonyl (C=O) groups excluding carboxylic acids is 4. The maximum atomic E-state index is 12.8. The monoisotopic (exact) mass is 584 g/mol. The van der Waals surface area contributed by atoms with Gasteiger partial charge in [0.2, 0.25) is 11.8 Å². The smallest absolute Gasteiger partial charge is 0.338 e. The minimum Gasteiger partial charge on any atom is -0.462 e. The minimum absolute atomic E-state index is 0.130. The Bertz CT molecular complexity index is 1020. The molecule has 0 fully saturated rings. The summed E-state index contributed by atoms with van der Waals surface area (Å²) in [5, 5.41) is 5.91. The van der Waals surface area contributed by atoms with E-state index in [2.05, 4.69) is 23.8 Å². The van der Waals surface area contributed by atoms with Crippen LogP contribution in [0.15, 0.2) is 48.6 Å². The number of carbonyl (C=O) groups is 4. The molecule has 8 heteroatoms. The summed E-state index contributed by atoms with van der Waals surface area (Å²) >= 11 is 0. The highest BCUT2D eigenvalue weighted by molar-refractivity contribution is 5.89. The molecule has 8 nitrogen and oxygen atoms in total. The maximum Gasteiger partial charge on any atom is 0.338 e.